The van der Waals surface area contributed by atoms with Gasteiger partial charge in [-0.25, -0.2) is 0 Å². The number of aromatic hydroxyl groups is 1. The third-order valence-electron chi connectivity index (χ3n) is 1.16. The van der Waals surface area contributed by atoms with Gasteiger partial charge in [0, 0.05) is 23.9 Å². The van der Waals surface area contributed by atoms with Gasteiger partial charge < -0.3 is 25.5 Å². The minimum atomic E-state index is -1.91. The van der Waals surface area contributed by atoms with Crippen LogP contribution >= 0.6 is 0 Å². The van der Waals surface area contributed by atoms with Crippen LogP contribution in [0.25, 0.3) is 0 Å². The summed E-state index contributed by atoms with van der Waals surface area (Å²) in [6.07, 6.45) is 0. The minimum Gasteiger partial charge on any atom is -0.512 e. The molecule has 1 aromatic rings. The lowest BCUT2D eigenvalue weighted by atomic mass is 10.2. The number of rotatable bonds is 2. The third-order valence-corrected chi connectivity index (χ3v) is 1.16. The second-order valence-corrected chi connectivity index (χ2v) is 2.20. The Labute approximate surface area is 69.2 Å². The highest BCUT2D eigenvalue weighted by Gasteiger charge is 2.11. The molecule has 0 aromatic heterocycles. The zero-order valence-electron chi connectivity index (χ0n) is 6.14. The highest BCUT2D eigenvalue weighted by atomic mass is 16.6. The summed E-state index contributed by atoms with van der Waals surface area (Å²) < 4.78 is 4.45. The van der Waals surface area contributed by atoms with Crippen LogP contribution in [0, 0.1) is 0 Å². The fraction of sp³-hybridized carbons (Fsp3) is 0. The normalized spacial score (nSPS) is 9.50. The molecule has 0 amide bonds. The molecule has 5 N–H and O–H groups in total. The highest BCUT2D eigenvalue weighted by Crippen LogP contribution is 2.22. The SMILES string of the molecule is Nc1cc(O)cc(OB(O)O)c1. The number of hydrogen-bond acceptors (Lipinski definition) is 5. The molecule has 0 bridgehead atoms. The van der Waals surface area contributed by atoms with Crippen molar-refractivity contribution < 1.29 is 19.8 Å². The predicted octanol–water partition coefficient (Wildman–Crippen LogP) is -0.677. The van der Waals surface area contributed by atoms with E-state index in [1.54, 1.807) is 0 Å². The van der Waals surface area contributed by atoms with Crippen LogP contribution in [0.1, 0.15) is 0 Å². The van der Waals surface area contributed by atoms with E-state index in [9.17, 15) is 0 Å². The summed E-state index contributed by atoms with van der Waals surface area (Å²) in [5.74, 6) is 0.00755. The first kappa shape index (κ1) is 8.70. The molecule has 0 unspecified atom stereocenters. The van der Waals surface area contributed by atoms with Crippen LogP contribution in [0.15, 0.2) is 18.2 Å². The Morgan fingerprint density at radius 3 is 2.42 bits per heavy atom. The van der Waals surface area contributed by atoms with E-state index in [-0.39, 0.29) is 17.2 Å². The van der Waals surface area contributed by atoms with Crippen LogP contribution in [-0.2, 0) is 0 Å². The van der Waals surface area contributed by atoms with E-state index in [1.165, 1.54) is 18.2 Å². The van der Waals surface area contributed by atoms with Crippen molar-refractivity contribution in [3.63, 3.8) is 0 Å². The quantitative estimate of drug-likeness (QED) is 0.347. The minimum absolute atomic E-state index is 0.0920. The smallest absolute Gasteiger partial charge is 0.512 e. The van der Waals surface area contributed by atoms with Crippen molar-refractivity contribution in [1.29, 1.82) is 0 Å². The standard InChI is InChI=1S/C6H8BNO4/c8-4-1-5(9)3-6(2-4)12-7(10)11/h1-3,9-11H,8H2. The molecular weight excluding hydrogens is 161 g/mol. The zero-order valence-corrected chi connectivity index (χ0v) is 6.14. The van der Waals surface area contributed by atoms with E-state index in [0.29, 0.717) is 0 Å². The molecule has 0 fully saturated rings. The summed E-state index contributed by atoms with van der Waals surface area (Å²) in [6.45, 7) is 0. The fourth-order valence-electron chi connectivity index (χ4n) is 0.796. The second kappa shape index (κ2) is 3.33. The predicted molar refractivity (Wildman–Crippen MR) is 43.3 cm³/mol. The molecule has 0 aliphatic rings. The molecule has 0 aliphatic heterocycles. The van der Waals surface area contributed by atoms with Crippen LogP contribution in [0.5, 0.6) is 11.5 Å². The molecule has 0 aliphatic carbocycles. The molecule has 12 heavy (non-hydrogen) atoms. The van der Waals surface area contributed by atoms with Crippen LogP contribution in [0.3, 0.4) is 0 Å². The maximum Gasteiger partial charge on any atom is 0.707 e. The topological polar surface area (TPSA) is 95.9 Å². The van der Waals surface area contributed by atoms with E-state index < -0.39 is 7.32 Å². The summed E-state index contributed by atoms with van der Waals surface area (Å²) in [5.41, 5.74) is 5.61. The summed E-state index contributed by atoms with van der Waals surface area (Å²) >= 11 is 0. The van der Waals surface area contributed by atoms with E-state index in [1.807, 2.05) is 0 Å². The Bertz CT molecular complexity index is 258. The van der Waals surface area contributed by atoms with E-state index in [2.05, 4.69) is 4.65 Å². The zero-order chi connectivity index (χ0) is 9.14. The van der Waals surface area contributed by atoms with Crippen molar-refractivity contribution in [1.82, 2.24) is 0 Å². The van der Waals surface area contributed by atoms with Gasteiger partial charge in [0.2, 0.25) is 0 Å². The lowest BCUT2D eigenvalue weighted by Gasteiger charge is -2.05. The fourth-order valence-corrected chi connectivity index (χ4v) is 0.796. The molecule has 0 radical (unpaired) electrons. The van der Waals surface area contributed by atoms with Crippen molar-refractivity contribution in [2.75, 3.05) is 5.73 Å². The van der Waals surface area contributed by atoms with Gasteiger partial charge in [-0.2, -0.15) is 0 Å². The van der Waals surface area contributed by atoms with Crippen LogP contribution in [-0.4, -0.2) is 22.5 Å². The van der Waals surface area contributed by atoms with Crippen LogP contribution in [0.4, 0.5) is 5.69 Å². The molecule has 5 nitrogen and oxygen atoms in total. The molecule has 0 atom stereocenters. The maximum absolute atomic E-state index is 8.98. The molecule has 0 saturated heterocycles. The van der Waals surface area contributed by atoms with Gasteiger partial charge in [0.25, 0.3) is 0 Å². The monoisotopic (exact) mass is 169 g/mol. The van der Waals surface area contributed by atoms with Gasteiger partial charge in [-0.1, -0.05) is 0 Å². The van der Waals surface area contributed by atoms with Crippen LogP contribution < -0.4 is 10.4 Å². The third kappa shape index (κ3) is 2.33. The summed E-state index contributed by atoms with van der Waals surface area (Å²) in [6, 6.07) is 3.89. The van der Waals surface area contributed by atoms with Gasteiger partial charge in [-0.15, -0.1) is 0 Å². The number of hydrogen-bond donors (Lipinski definition) is 4. The molecule has 0 spiro atoms. The molecular formula is C6H8BNO4. The van der Waals surface area contributed by atoms with Gasteiger partial charge in [-0.3, -0.25) is 0 Å². The van der Waals surface area contributed by atoms with Gasteiger partial charge in [-0.05, 0) is 0 Å². The Balaban J connectivity index is 2.85. The van der Waals surface area contributed by atoms with Crippen LogP contribution in [0.2, 0.25) is 0 Å². The maximum atomic E-state index is 8.98. The van der Waals surface area contributed by atoms with E-state index in [4.69, 9.17) is 20.9 Å². The van der Waals surface area contributed by atoms with E-state index >= 15 is 0 Å². The summed E-state index contributed by atoms with van der Waals surface area (Å²) in [4.78, 5) is 0. The second-order valence-electron chi connectivity index (χ2n) is 2.20. The largest absolute Gasteiger partial charge is 0.707 e. The van der Waals surface area contributed by atoms with Crippen molar-refractivity contribution in [3.8, 4) is 11.5 Å². The van der Waals surface area contributed by atoms with Crippen molar-refractivity contribution in [2.45, 2.75) is 0 Å². The Morgan fingerprint density at radius 2 is 1.92 bits per heavy atom. The van der Waals surface area contributed by atoms with E-state index in [0.717, 1.165) is 0 Å². The lowest BCUT2D eigenvalue weighted by Crippen LogP contribution is -2.20. The summed E-state index contributed by atoms with van der Waals surface area (Å²) in [7, 11) is -1.91. The van der Waals surface area contributed by atoms with Gasteiger partial charge in [0.15, 0.2) is 0 Å². The Kier molecular flexibility index (Phi) is 2.42. The number of phenolic OH excluding ortho intramolecular Hbond substituents is 1. The number of nitrogen functional groups attached to an aromatic ring is 1. The first-order valence-corrected chi connectivity index (χ1v) is 3.20. The first-order valence-electron chi connectivity index (χ1n) is 3.20. The first-order chi connectivity index (χ1) is 5.58. The van der Waals surface area contributed by atoms with Crippen molar-refractivity contribution in [2.24, 2.45) is 0 Å². The molecule has 1 rings (SSSR count). The molecule has 64 valence electrons. The summed E-state index contributed by atoms with van der Waals surface area (Å²) in [5, 5.41) is 25.8. The van der Waals surface area contributed by atoms with Crippen molar-refractivity contribution >= 4 is 13.0 Å². The highest BCUT2D eigenvalue weighted by molar-refractivity contribution is 6.33. The Morgan fingerprint density at radius 1 is 1.25 bits per heavy atom. The Hall–Kier alpha value is -1.40. The van der Waals surface area contributed by atoms with Gasteiger partial charge in [0.05, 0.1) is 0 Å². The average Bonchev–Trinajstić information content (AvgIpc) is 1.81. The average molecular weight is 169 g/mol. The number of nitrogens with two attached hydrogens (primary N) is 1. The number of benzene rings is 1. The lowest BCUT2D eigenvalue weighted by molar-refractivity contribution is 0.288. The molecule has 0 heterocycles. The van der Waals surface area contributed by atoms with Gasteiger partial charge >= 0.3 is 7.32 Å². The van der Waals surface area contributed by atoms with Gasteiger partial charge in [0.1, 0.15) is 11.5 Å². The molecule has 0 saturated carbocycles. The molecule has 6 heteroatoms. The molecule has 1 aromatic carbocycles. The number of phenols is 1. The number of anilines is 1. The van der Waals surface area contributed by atoms with Crippen molar-refractivity contribution in [3.05, 3.63) is 18.2 Å².